The van der Waals surface area contributed by atoms with Gasteiger partial charge in [-0.3, -0.25) is 0 Å². The second-order valence-electron chi connectivity index (χ2n) is 14.4. The molecule has 308 valence electrons. The van der Waals surface area contributed by atoms with Crippen molar-refractivity contribution in [3.8, 4) is 44.5 Å². The van der Waals surface area contributed by atoms with Crippen molar-refractivity contribution >= 4 is 73.0 Å². The fourth-order valence-electron chi connectivity index (χ4n) is 8.35. The van der Waals surface area contributed by atoms with Gasteiger partial charge in [-0.1, -0.05) is 12.1 Å². The summed E-state index contributed by atoms with van der Waals surface area (Å²) in [6.07, 6.45) is 0. The second kappa shape index (κ2) is 16.2. The van der Waals surface area contributed by atoms with Crippen molar-refractivity contribution in [2.75, 3.05) is 0 Å². The van der Waals surface area contributed by atoms with Crippen LogP contribution in [0.5, 0.6) is 0 Å². The molecule has 2 aliphatic rings. The fraction of sp³-hybridized carbons (Fsp3) is 0.0164. The summed E-state index contributed by atoms with van der Waals surface area (Å²) in [4.78, 5) is 0. The molecule has 0 saturated heterocycles. The Balaban J connectivity index is 1.20. The Morgan fingerprint density at radius 3 is 0.923 bits per heavy atom. The van der Waals surface area contributed by atoms with Crippen LogP contribution in [-0.4, -0.2) is 30.2 Å². The predicted octanol–water partition coefficient (Wildman–Crippen LogP) is 12.1. The topological polar surface area (TPSA) is 0 Å². The molecular formula is C61H42P2Se2. The van der Waals surface area contributed by atoms with Gasteiger partial charge in [-0.2, -0.15) is 0 Å². The van der Waals surface area contributed by atoms with Gasteiger partial charge in [0.05, 0.1) is 0 Å². The number of hydrogen-bond acceptors (Lipinski definition) is 0. The molecule has 0 nitrogen and oxygen atoms in total. The van der Waals surface area contributed by atoms with Crippen molar-refractivity contribution in [2.24, 2.45) is 0 Å². The van der Waals surface area contributed by atoms with E-state index in [4.69, 9.17) is 27.4 Å². The summed E-state index contributed by atoms with van der Waals surface area (Å²) in [6, 6.07) is -20.8. The maximum atomic E-state index is 10.6. The monoisotopic (exact) mass is 1030 g/mol. The predicted molar refractivity (Wildman–Crippen MR) is 283 cm³/mol. The van der Waals surface area contributed by atoms with Gasteiger partial charge in [-0.15, -0.1) is 0 Å². The number of hydrogen-bond donors (Lipinski definition) is 0. The van der Waals surface area contributed by atoms with Crippen molar-refractivity contribution in [3.63, 3.8) is 0 Å². The second-order valence-corrected chi connectivity index (χ2v) is 26.4. The Kier molecular flexibility index (Phi) is 4.59. The van der Waals surface area contributed by atoms with Gasteiger partial charge in [-0.25, -0.2) is 0 Å². The van der Waals surface area contributed by atoms with Gasteiger partial charge in [0.1, 0.15) is 0 Å². The zero-order valence-electron chi connectivity index (χ0n) is 66.8. The first kappa shape index (κ1) is 18.4. The summed E-state index contributed by atoms with van der Waals surface area (Å²) < 4.78 is 316. The summed E-state index contributed by atoms with van der Waals surface area (Å²) in [5, 5.41) is -4.78. The van der Waals surface area contributed by atoms with Crippen LogP contribution in [0.1, 0.15) is 68.9 Å². The van der Waals surface area contributed by atoms with Crippen LogP contribution in [-0.2, 0) is 5.41 Å². The zero-order chi connectivity index (χ0) is 73.2. The van der Waals surface area contributed by atoms with Gasteiger partial charge in [0, 0.05) is 0 Å². The summed E-state index contributed by atoms with van der Waals surface area (Å²) in [7, 11) is 0. The summed E-state index contributed by atoms with van der Waals surface area (Å²) in [5.74, 6) is 0. The molecule has 0 heterocycles. The van der Waals surface area contributed by atoms with E-state index in [0.29, 0.717) is 11.1 Å². The molecule has 0 N–H and O–H groups in total. The first-order valence-electron chi connectivity index (χ1n) is 36.4. The number of rotatable bonds is 8. The van der Waals surface area contributed by atoms with Crippen molar-refractivity contribution in [1.29, 1.82) is 0 Å². The van der Waals surface area contributed by atoms with Gasteiger partial charge in [0.25, 0.3) is 0 Å². The van der Waals surface area contributed by atoms with E-state index in [0.717, 1.165) is 0 Å². The molecule has 4 heteroatoms. The van der Waals surface area contributed by atoms with Crippen LogP contribution < -0.4 is 31.8 Å². The summed E-state index contributed by atoms with van der Waals surface area (Å²) in [5.41, 5.74) is -15.4. The van der Waals surface area contributed by atoms with E-state index in [1.165, 1.54) is 0 Å². The van der Waals surface area contributed by atoms with E-state index in [1.807, 2.05) is 0 Å². The first-order valence-corrected chi connectivity index (χ1v) is 27.4. The van der Waals surface area contributed by atoms with Crippen LogP contribution in [0.15, 0.2) is 254 Å². The maximum absolute atomic E-state index is 10.6. The van der Waals surface area contributed by atoms with Crippen LogP contribution in [0.4, 0.5) is 0 Å². The fourth-order valence-corrected chi connectivity index (χ4v) is 15.7. The molecule has 0 fully saturated rings. The SMILES string of the molecule is [2H]c1c([2H])c([2H])c(P(=[Se])(c2c([2H])c([2H])c([2H])c([2H])c2[2H])c2c([2H])c([2H])c(-c3c([2H])c([2H])c4c(c3[2H])C3(c5ccccc5-c5ccccc53)c3c([2H])c(-c5c([2H])c([2H])c(P(=[Se])(c6c([2H])c([2H])c([2H])c([2H])c6[2H])c6c([2H])c([2H])c([2H])c([2H])c6[2H])c([2H])c5[2H])c([2H])c([2H])c3-4)c([2H])c2[2H])c([2H])c1[2H]. The Labute approximate surface area is 444 Å². The molecule has 0 radical (unpaired) electrons. The summed E-state index contributed by atoms with van der Waals surface area (Å²) >= 11 is 5.33. The van der Waals surface area contributed by atoms with E-state index < -0.39 is 287 Å². The molecule has 0 amide bonds. The molecule has 0 bridgehead atoms. The Morgan fingerprint density at radius 1 is 0.292 bits per heavy atom. The van der Waals surface area contributed by atoms with Crippen molar-refractivity contribution in [1.82, 2.24) is 0 Å². The molecule has 0 aromatic heterocycles. The van der Waals surface area contributed by atoms with E-state index in [1.54, 1.807) is 48.5 Å². The van der Waals surface area contributed by atoms with Crippen LogP contribution in [0.2, 0.25) is 0 Å². The molecule has 10 aromatic rings. The average molecular weight is 1030 g/mol. The molecule has 0 saturated carbocycles. The minimum absolute atomic E-state index is 0.214. The molecule has 0 unspecified atom stereocenters. The van der Waals surface area contributed by atoms with Gasteiger partial charge < -0.3 is 0 Å². The third-order valence-corrected chi connectivity index (χ3v) is 23.2. The Morgan fingerprint density at radius 2 is 0.585 bits per heavy atom. The van der Waals surface area contributed by atoms with E-state index in [2.05, 4.69) is 30.2 Å². The molecular weight excluding hydrogens is 953 g/mol. The molecule has 0 aliphatic heterocycles. The number of fused-ring (bicyclic) bond motifs is 10. The van der Waals surface area contributed by atoms with Gasteiger partial charge in [-0.05, 0) is 0 Å². The average Bonchev–Trinajstić information content (AvgIpc) is 1.51. The standard InChI is InChI=1S/C61H42P2Se2/c64-62(47-17-5-1-6-18-47,48-19-7-2-8-20-48)51-35-29-43(30-36-51)45-33-39-55-56-40-34-46(42-60(56)61(59(55)41-45)57-27-15-13-25-53(57)54-26-14-16-28-58(54)61)44-31-37-52(38-32-44)63(65,49-21-9-3-10-22-49)50-23-11-4-12-24-50/h1-42H/i1D,2D,3D,4D,5D,6D,7D,8D,9D,10D,11D,12D,17D,18D,19D,20D,21D,22D,23D,24D,29D,30D,31D,32D,33D,34D,35D,36D,37D,38D,39D,40D,41D,42D. The van der Waals surface area contributed by atoms with Crippen LogP contribution >= 0.6 is 11.0 Å². The van der Waals surface area contributed by atoms with Gasteiger partial charge >= 0.3 is 434 Å². The van der Waals surface area contributed by atoms with Crippen LogP contribution in [0.25, 0.3) is 44.5 Å². The molecule has 65 heavy (non-hydrogen) atoms. The van der Waals surface area contributed by atoms with Crippen molar-refractivity contribution < 1.29 is 46.6 Å². The Hall–Kier alpha value is -5.90. The van der Waals surface area contributed by atoms with E-state index in [-0.39, 0.29) is 22.3 Å². The van der Waals surface area contributed by atoms with Gasteiger partial charge in [0.15, 0.2) is 0 Å². The first-order chi connectivity index (χ1) is 46.1. The molecule has 0 atom stereocenters. The quantitative estimate of drug-likeness (QED) is 0.105. The summed E-state index contributed by atoms with van der Waals surface area (Å²) in [6.45, 7) is 0. The molecule has 12 rings (SSSR count). The minimum atomic E-state index is -4.81. The Bertz CT molecular complexity index is 4930. The van der Waals surface area contributed by atoms with Crippen molar-refractivity contribution in [2.45, 2.75) is 5.41 Å². The number of benzene rings is 10. The van der Waals surface area contributed by atoms with E-state index >= 15 is 0 Å². The third-order valence-electron chi connectivity index (χ3n) is 11.1. The third kappa shape index (κ3) is 6.32. The van der Waals surface area contributed by atoms with E-state index in [9.17, 15) is 19.2 Å². The molecule has 10 aromatic carbocycles. The molecule has 1 spiro atoms. The van der Waals surface area contributed by atoms with Crippen LogP contribution in [0, 0.1) is 0 Å². The molecule has 2 aliphatic carbocycles. The normalized spacial score (nSPS) is 20.5. The van der Waals surface area contributed by atoms with Gasteiger partial charge in [0.2, 0.25) is 0 Å². The zero-order valence-corrected chi connectivity index (χ0v) is 38.0. The van der Waals surface area contributed by atoms with Crippen molar-refractivity contribution in [3.05, 3.63) is 276 Å². The van der Waals surface area contributed by atoms with Crippen LogP contribution in [0.3, 0.4) is 0 Å².